The molecule has 1 aromatic rings. The molecule has 28 heavy (non-hydrogen) atoms. The highest BCUT2D eigenvalue weighted by atomic mass is 32.2. The third-order valence-corrected chi connectivity index (χ3v) is 8.93. The SMILES string of the molecule is COc1cccc(S(=O)(=O)NC(C)(C)C(=O)CC2C3CC4CC(C3)CC2C4)c1. The Morgan fingerprint density at radius 2 is 1.71 bits per heavy atom. The highest BCUT2D eigenvalue weighted by Crippen LogP contribution is 2.57. The van der Waals surface area contributed by atoms with Crippen LogP contribution in [0.4, 0.5) is 0 Å². The second kappa shape index (κ2) is 7.13. The lowest BCUT2D eigenvalue weighted by Gasteiger charge is -2.54. The van der Waals surface area contributed by atoms with E-state index in [2.05, 4.69) is 4.72 Å². The summed E-state index contributed by atoms with van der Waals surface area (Å²) in [7, 11) is -2.31. The van der Waals surface area contributed by atoms with E-state index in [1.165, 1.54) is 51.3 Å². The largest absolute Gasteiger partial charge is 0.497 e. The van der Waals surface area contributed by atoms with E-state index in [0.29, 0.717) is 29.9 Å². The summed E-state index contributed by atoms with van der Waals surface area (Å²) in [5.41, 5.74) is -1.13. The van der Waals surface area contributed by atoms with Gasteiger partial charge in [-0.25, -0.2) is 8.42 Å². The van der Waals surface area contributed by atoms with Crippen LogP contribution in [-0.4, -0.2) is 26.8 Å². The topological polar surface area (TPSA) is 72.5 Å². The van der Waals surface area contributed by atoms with Crippen molar-refractivity contribution < 1.29 is 17.9 Å². The van der Waals surface area contributed by atoms with Crippen molar-refractivity contribution in [2.75, 3.05) is 7.11 Å². The Kier molecular flexibility index (Phi) is 5.07. The third-order valence-electron chi connectivity index (χ3n) is 7.28. The standard InChI is InChI=1S/C22H31NO4S/c1-22(2,23-28(25,26)19-6-4-5-18(12-19)27-3)21(24)13-20-16-8-14-7-15(10-16)11-17(20)9-14/h4-6,12,14-17,20,23H,7-11,13H2,1-3H3. The van der Waals surface area contributed by atoms with Crippen LogP contribution in [0.5, 0.6) is 5.75 Å². The number of hydrogen-bond donors (Lipinski definition) is 1. The summed E-state index contributed by atoms with van der Waals surface area (Å²) < 4.78 is 33.4. The van der Waals surface area contributed by atoms with E-state index < -0.39 is 15.6 Å². The fourth-order valence-electron chi connectivity index (χ4n) is 6.06. The molecule has 5 rings (SSSR count). The molecule has 0 saturated heterocycles. The number of methoxy groups -OCH3 is 1. The Morgan fingerprint density at radius 1 is 1.11 bits per heavy atom. The van der Waals surface area contributed by atoms with Gasteiger partial charge in [-0.15, -0.1) is 0 Å². The summed E-state index contributed by atoms with van der Waals surface area (Å²) in [6, 6.07) is 6.32. The van der Waals surface area contributed by atoms with Crippen molar-refractivity contribution in [1.29, 1.82) is 0 Å². The molecule has 4 aliphatic rings. The Morgan fingerprint density at radius 3 is 2.29 bits per heavy atom. The van der Waals surface area contributed by atoms with Crippen LogP contribution in [-0.2, 0) is 14.8 Å². The molecule has 0 heterocycles. The van der Waals surface area contributed by atoms with Gasteiger partial charge in [-0.05, 0) is 87.7 Å². The van der Waals surface area contributed by atoms with Gasteiger partial charge in [0.1, 0.15) is 5.75 Å². The molecule has 0 aliphatic heterocycles. The molecule has 4 bridgehead atoms. The maximum absolute atomic E-state index is 13.1. The fourth-order valence-corrected chi connectivity index (χ4v) is 7.49. The van der Waals surface area contributed by atoms with Crippen molar-refractivity contribution in [3.05, 3.63) is 24.3 Å². The molecule has 0 unspecified atom stereocenters. The van der Waals surface area contributed by atoms with Gasteiger partial charge in [0.25, 0.3) is 0 Å². The summed E-state index contributed by atoms with van der Waals surface area (Å²) in [6.07, 6.45) is 6.94. The summed E-state index contributed by atoms with van der Waals surface area (Å²) in [6.45, 7) is 3.37. The number of Topliss-reactive ketones (excluding diaryl/α,β-unsaturated/α-hetero) is 1. The number of carbonyl (C=O) groups is 1. The second-order valence-electron chi connectivity index (χ2n) is 9.63. The van der Waals surface area contributed by atoms with Gasteiger partial charge < -0.3 is 4.74 Å². The quantitative estimate of drug-likeness (QED) is 0.749. The molecule has 6 heteroatoms. The normalized spacial score (nSPS) is 31.8. The lowest BCUT2D eigenvalue weighted by molar-refractivity contribution is -0.128. The van der Waals surface area contributed by atoms with E-state index in [4.69, 9.17) is 4.74 Å². The van der Waals surface area contributed by atoms with Crippen LogP contribution >= 0.6 is 0 Å². The van der Waals surface area contributed by atoms with Crippen LogP contribution in [0.3, 0.4) is 0 Å². The Hall–Kier alpha value is -1.40. The molecule has 4 fully saturated rings. The lowest BCUT2D eigenvalue weighted by Crippen LogP contribution is -2.52. The molecule has 4 aliphatic carbocycles. The minimum absolute atomic E-state index is 0.00329. The van der Waals surface area contributed by atoms with Gasteiger partial charge in [0, 0.05) is 12.5 Å². The summed E-state index contributed by atoms with van der Waals surface area (Å²) in [5.74, 6) is 3.96. The first-order valence-electron chi connectivity index (χ1n) is 10.4. The molecule has 0 aromatic heterocycles. The first kappa shape index (κ1) is 19.9. The van der Waals surface area contributed by atoms with E-state index in [0.717, 1.165) is 11.8 Å². The summed E-state index contributed by atoms with van der Waals surface area (Å²) in [4.78, 5) is 13.3. The number of carbonyl (C=O) groups excluding carboxylic acids is 1. The number of ketones is 1. The van der Waals surface area contributed by atoms with Crippen LogP contribution in [0.1, 0.15) is 52.4 Å². The van der Waals surface area contributed by atoms with Gasteiger partial charge in [0.2, 0.25) is 10.0 Å². The van der Waals surface area contributed by atoms with Crippen LogP contribution in [0.25, 0.3) is 0 Å². The van der Waals surface area contributed by atoms with Crippen LogP contribution in [0, 0.1) is 29.6 Å². The third kappa shape index (κ3) is 3.73. The van der Waals surface area contributed by atoms with Gasteiger partial charge in [0.05, 0.1) is 17.5 Å². The number of benzene rings is 1. The fraction of sp³-hybridized carbons (Fsp3) is 0.682. The summed E-state index contributed by atoms with van der Waals surface area (Å²) in [5, 5.41) is 0. The zero-order valence-corrected chi connectivity index (χ0v) is 17.8. The number of rotatable bonds is 7. The maximum atomic E-state index is 13.1. The van der Waals surface area contributed by atoms with Gasteiger partial charge in [-0.2, -0.15) is 4.72 Å². The first-order valence-corrected chi connectivity index (χ1v) is 11.9. The molecule has 0 spiro atoms. The van der Waals surface area contributed by atoms with E-state index in [9.17, 15) is 13.2 Å². The molecule has 1 aromatic carbocycles. The Balaban J connectivity index is 1.46. The average molecular weight is 406 g/mol. The maximum Gasteiger partial charge on any atom is 0.241 e. The van der Waals surface area contributed by atoms with Crippen LogP contribution in [0.15, 0.2) is 29.2 Å². The van der Waals surface area contributed by atoms with Crippen molar-refractivity contribution in [3.8, 4) is 5.75 Å². The number of nitrogens with one attached hydrogen (secondary N) is 1. The molecule has 0 atom stereocenters. The minimum Gasteiger partial charge on any atom is -0.497 e. The Labute approximate surface area is 168 Å². The average Bonchev–Trinajstić information content (AvgIpc) is 2.63. The molecule has 1 N–H and O–H groups in total. The van der Waals surface area contributed by atoms with E-state index >= 15 is 0 Å². The van der Waals surface area contributed by atoms with Crippen LogP contribution in [0.2, 0.25) is 0 Å². The molecule has 0 radical (unpaired) electrons. The van der Waals surface area contributed by atoms with Crippen molar-refractivity contribution >= 4 is 15.8 Å². The molecule has 5 nitrogen and oxygen atoms in total. The first-order chi connectivity index (χ1) is 13.2. The zero-order valence-electron chi connectivity index (χ0n) is 17.0. The smallest absolute Gasteiger partial charge is 0.241 e. The van der Waals surface area contributed by atoms with Gasteiger partial charge in [-0.1, -0.05) is 6.07 Å². The lowest BCUT2D eigenvalue weighted by atomic mass is 9.51. The predicted molar refractivity (Wildman–Crippen MR) is 108 cm³/mol. The minimum atomic E-state index is -3.81. The van der Waals surface area contributed by atoms with Crippen molar-refractivity contribution in [2.45, 2.75) is 62.8 Å². The molecule has 4 saturated carbocycles. The zero-order chi connectivity index (χ0) is 20.1. The number of sulfonamides is 1. The van der Waals surface area contributed by atoms with Crippen LogP contribution < -0.4 is 9.46 Å². The molecule has 154 valence electrons. The van der Waals surface area contributed by atoms with Crippen molar-refractivity contribution in [1.82, 2.24) is 4.72 Å². The van der Waals surface area contributed by atoms with Gasteiger partial charge in [0.15, 0.2) is 5.78 Å². The molecular weight excluding hydrogens is 374 g/mol. The molecule has 0 amide bonds. The Bertz CT molecular complexity index is 833. The van der Waals surface area contributed by atoms with Crippen molar-refractivity contribution in [2.24, 2.45) is 29.6 Å². The molecular formula is C22H31NO4S. The van der Waals surface area contributed by atoms with Crippen molar-refractivity contribution in [3.63, 3.8) is 0 Å². The highest BCUT2D eigenvalue weighted by molar-refractivity contribution is 7.89. The van der Waals surface area contributed by atoms with E-state index in [-0.39, 0.29) is 10.7 Å². The van der Waals surface area contributed by atoms with E-state index in [1.807, 2.05) is 0 Å². The van der Waals surface area contributed by atoms with Gasteiger partial charge >= 0.3 is 0 Å². The predicted octanol–water partition coefficient (Wildman–Crippen LogP) is 3.78. The highest BCUT2D eigenvalue weighted by Gasteiger charge is 2.49. The summed E-state index contributed by atoms with van der Waals surface area (Å²) >= 11 is 0. The monoisotopic (exact) mass is 405 g/mol. The number of hydrogen-bond acceptors (Lipinski definition) is 4. The van der Waals surface area contributed by atoms with Gasteiger partial charge in [-0.3, -0.25) is 4.79 Å². The number of ether oxygens (including phenoxy) is 1. The van der Waals surface area contributed by atoms with E-state index in [1.54, 1.807) is 26.0 Å². The second-order valence-corrected chi connectivity index (χ2v) is 11.3.